The molecule has 2 aromatic carbocycles. The van der Waals surface area contributed by atoms with Crippen molar-refractivity contribution in [2.45, 2.75) is 25.1 Å². The summed E-state index contributed by atoms with van der Waals surface area (Å²) in [5, 5.41) is 14.1. The Balaban J connectivity index is 1.48. The third kappa shape index (κ3) is 5.37. The fourth-order valence-electron chi connectivity index (χ4n) is 3.97. The van der Waals surface area contributed by atoms with Crippen LogP contribution >= 0.6 is 23.2 Å². The standard InChI is InChI=1S/C21H18Cl2F3N5O3/c22-10-5-11(23)7-13(6-10)27-18(33)14-8-15(32)29-17-16(14)19(34)31-20(30-17)28-12-3-1-2-9(4-12)21(24,25)26/h1-7,14,16-17,20,28,30H,8H2,(H,27,33)(H,29,32)(H,31,34). The molecule has 2 saturated heterocycles. The predicted molar refractivity (Wildman–Crippen MR) is 119 cm³/mol. The van der Waals surface area contributed by atoms with E-state index in [-0.39, 0.29) is 12.1 Å². The van der Waals surface area contributed by atoms with Crippen LogP contribution in [-0.4, -0.2) is 30.2 Å². The maximum absolute atomic E-state index is 13.0. The molecule has 0 spiro atoms. The Morgan fingerprint density at radius 3 is 2.38 bits per heavy atom. The van der Waals surface area contributed by atoms with E-state index in [9.17, 15) is 27.6 Å². The number of fused-ring (bicyclic) bond motifs is 1. The molecule has 3 amide bonds. The summed E-state index contributed by atoms with van der Waals surface area (Å²) < 4.78 is 38.9. The second-order valence-electron chi connectivity index (χ2n) is 7.86. The van der Waals surface area contributed by atoms with Crippen molar-refractivity contribution in [3.63, 3.8) is 0 Å². The summed E-state index contributed by atoms with van der Waals surface area (Å²) in [5.41, 5.74) is -0.458. The van der Waals surface area contributed by atoms with Crippen molar-refractivity contribution in [3.05, 3.63) is 58.1 Å². The van der Waals surface area contributed by atoms with Gasteiger partial charge in [-0.1, -0.05) is 29.3 Å². The van der Waals surface area contributed by atoms with Gasteiger partial charge in [0.1, 0.15) is 0 Å². The quantitative estimate of drug-likeness (QED) is 0.429. The van der Waals surface area contributed by atoms with Crippen LogP contribution in [0.5, 0.6) is 0 Å². The van der Waals surface area contributed by atoms with E-state index in [2.05, 4.69) is 26.6 Å². The first-order valence-electron chi connectivity index (χ1n) is 10.1. The average Bonchev–Trinajstić information content (AvgIpc) is 2.71. The summed E-state index contributed by atoms with van der Waals surface area (Å²) in [6, 6.07) is 8.88. The molecule has 13 heteroatoms. The molecule has 4 rings (SSSR count). The van der Waals surface area contributed by atoms with Gasteiger partial charge in [-0.2, -0.15) is 13.2 Å². The smallest absolute Gasteiger partial charge is 0.353 e. The summed E-state index contributed by atoms with van der Waals surface area (Å²) >= 11 is 11.9. The largest absolute Gasteiger partial charge is 0.416 e. The molecule has 2 heterocycles. The van der Waals surface area contributed by atoms with Gasteiger partial charge in [0.15, 0.2) is 6.29 Å². The van der Waals surface area contributed by atoms with Gasteiger partial charge < -0.3 is 21.3 Å². The molecule has 0 radical (unpaired) electrons. The number of amides is 3. The van der Waals surface area contributed by atoms with Crippen molar-refractivity contribution in [2.24, 2.45) is 11.8 Å². The number of carbonyl (C=O) groups is 3. The van der Waals surface area contributed by atoms with Crippen LogP contribution in [-0.2, 0) is 20.6 Å². The van der Waals surface area contributed by atoms with Gasteiger partial charge >= 0.3 is 6.18 Å². The van der Waals surface area contributed by atoms with Crippen molar-refractivity contribution in [2.75, 3.05) is 10.6 Å². The minimum atomic E-state index is -4.53. The second kappa shape index (κ2) is 9.32. The van der Waals surface area contributed by atoms with Crippen LogP contribution in [0.4, 0.5) is 24.5 Å². The highest BCUT2D eigenvalue weighted by Gasteiger charge is 2.48. The Morgan fingerprint density at radius 1 is 1.00 bits per heavy atom. The van der Waals surface area contributed by atoms with Gasteiger partial charge in [-0.3, -0.25) is 19.7 Å². The van der Waals surface area contributed by atoms with Gasteiger partial charge in [0.25, 0.3) is 0 Å². The lowest BCUT2D eigenvalue weighted by Crippen LogP contribution is -2.72. The summed E-state index contributed by atoms with van der Waals surface area (Å²) in [4.78, 5) is 38.1. The summed E-state index contributed by atoms with van der Waals surface area (Å²) in [5.74, 6) is -3.59. The zero-order chi connectivity index (χ0) is 24.6. The Hall–Kier alpha value is -3.02. The minimum absolute atomic E-state index is 0.0975. The Bertz CT molecular complexity index is 1130. The number of hydrogen-bond acceptors (Lipinski definition) is 5. The van der Waals surface area contributed by atoms with E-state index >= 15 is 0 Å². The first kappa shape index (κ1) is 24.1. The number of benzene rings is 2. The third-order valence-electron chi connectivity index (χ3n) is 5.42. The number of piperidine rings is 1. The van der Waals surface area contributed by atoms with E-state index in [0.717, 1.165) is 12.1 Å². The highest BCUT2D eigenvalue weighted by Crippen LogP contribution is 2.32. The van der Waals surface area contributed by atoms with E-state index in [1.807, 2.05) is 0 Å². The number of carbonyl (C=O) groups excluding carboxylic acids is 3. The van der Waals surface area contributed by atoms with Gasteiger partial charge in [-0.15, -0.1) is 0 Å². The number of halogens is 5. The molecule has 0 saturated carbocycles. The number of rotatable bonds is 4. The maximum Gasteiger partial charge on any atom is 0.416 e. The molecule has 0 aliphatic carbocycles. The summed E-state index contributed by atoms with van der Waals surface area (Å²) in [6.07, 6.45) is -6.69. The first-order valence-corrected chi connectivity index (χ1v) is 10.8. The molecular formula is C21H18Cl2F3N5O3. The van der Waals surface area contributed by atoms with Crippen LogP contribution in [0.2, 0.25) is 10.0 Å². The first-order chi connectivity index (χ1) is 16.0. The fourth-order valence-corrected chi connectivity index (χ4v) is 4.49. The number of anilines is 2. The molecule has 8 nitrogen and oxygen atoms in total. The van der Waals surface area contributed by atoms with E-state index in [1.165, 1.54) is 30.3 Å². The lowest BCUT2D eigenvalue weighted by molar-refractivity contribution is -0.144. The molecule has 4 atom stereocenters. The highest BCUT2D eigenvalue weighted by atomic mass is 35.5. The normalized spacial score (nSPS) is 24.5. The minimum Gasteiger partial charge on any atom is -0.353 e. The van der Waals surface area contributed by atoms with Crippen LogP contribution in [0.15, 0.2) is 42.5 Å². The number of alkyl halides is 3. The lowest BCUT2D eigenvalue weighted by Gasteiger charge is -2.43. The van der Waals surface area contributed by atoms with Gasteiger partial charge in [-0.25, -0.2) is 0 Å². The van der Waals surface area contributed by atoms with Gasteiger partial charge in [0.05, 0.1) is 23.6 Å². The van der Waals surface area contributed by atoms with E-state index in [1.54, 1.807) is 0 Å². The van der Waals surface area contributed by atoms with Crippen LogP contribution in [0.25, 0.3) is 0 Å². The molecule has 2 aromatic rings. The molecule has 2 aliphatic heterocycles. The van der Waals surface area contributed by atoms with Crippen LogP contribution in [0.1, 0.15) is 12.0 Å². The monoisotopic (exact) mass is 515 g/mol. The zero-order valence-electron chi connectivity index (χ0n) is 17.2. The SMILES string of the molecule is O=C1CC(C(=O)Nc2cc(Cl)cc(Cl)c2)C2C(=O)NC(Nc3cccc(C(F)(F)F)c3)NC2N1. The number of nitrogens with one attached hydrogen (secondary N) is 5. The molecule has 0 bridgehead atoms. The molecular weight excluding hydrogens is 498 g/mol. The van der Waals surface area contributed by atoms with Crippen LogP contribution < -0.4 is 26.6 Å². The molecule has 5 N–H and O–H groups in total. The Labute approximate surface area is 201 Å². The fraction of sp³-hybridized carbons (Fsp3) is 0.286. The second-order valence-corrected chi connectivity index (χ2v) is 8.73. The summed E-state index contributed by atoms with van der Waals surface area (Å²) in [6.45, 7) is 0. The third-order valence-corrected chi connectivity index (χ3v) is 5.85. The van der Waals surface area contributed by atoms with E-state index < -0.39 is 53.8 Å². The van der Waals surface area contributed by atoms with Crippen molar-refractivity contribution in [1.82, 2.24) is 16.0 Å². The zero-order valence-corrected chi connectivity index (χ0v) is 18.7. The van der Waals surface area contributed by atoms with E-state index in [0.29, 0.717) is 15.7 Å². The molecule has 4 unspecified atom stereocenters. The molecule has 34 heavy (non-hydrogen) atoms. The summed E-state index contributed by atoms with van der Waals surface area (Å²) in [7, 11) is 0. The Kier molecular flexibility index (Phi) is 6.61. The van der Waals surface area contributed by atoms with Crippen LogP contribution in [0.3, 0.4) is 0 Å². The average molecular weight is 516 g/mol. The van der Waals surface area contributed by atoms with Crippen molar-refractivity contribution >= 4 is 52.3 Å². The molecule has 2 aliphatic rings. The van der Waals surface area contributed by atoms with Crippen molar-refractivity contribution < 1.29 is 27.6 Å². The highest BCUT2D eigenvalue weighted by molar-refractivity contribution is 6.35. The topological polar surface area (TPSA) is 111 Å². The lowest BCUT2D eigenvalue weighted by atomic mass is 9.81. The molecule has 180 valence electrons. The van der Waals surface area contributed by atoms with Gasteiger partial charge in [0, 0.05) is 27.8 Å². The van der Waals surface area contributed by atoms with Crippen LogP contribution in [0, 0.1) is 11.8 Å². The van der Waals surface area contributed by atoms with Gasteiger partial charge in [-0.05, 0) is 36.4 Å². The van der Waals surface area contributed by atoms with E-state index in [4.69, 9.17) is 23.2 Å². The number of hydrogen-bond donors (Lipinski definition) is 5. The molecule has 2 fully saturated rings. The molecule has 0 aromatic heterocycles. The maximum atomic E-state index is 13.0. The predicted octanol–water partition coefficient (Wildman–Crippen LogP) is 3.14. The van der Waals surface area contributed by atoms with Gasteiger partial charge in [0.2, 0.25) is 17.7 Å². The Morgan fingerprint density at radius 2 is 1.71 bits per heavy atom. The van der Waals surface area contributed by atoms with Crippen molar-refractivity contribution in [3.8, 4) is 0 Å². The van der Waals surface area contributed by atoms with Crippen molar-refractivity contribution in [1.29, 1.82) is 0 Å².